The zero-order chi connectivity index (χ0) is 39.8. The summed E-state index contributed by atoms with van der Waals surface area (Å²) in [7, 11) is 0. The topological polar surface area (TPSA) is 115 Å². The highest BCUT2D eigenvalue weighted by atomic mass is 35.5. The average Bonchev–Trinajstić information content (AvgIpc) is 3.82. The lowest BCUT2D eigenvalue weighted by Gasteiger charge is -2.50. The first kappa shape index (κ1) is 41.0. The fourth-order valence-corrected chi connectivity index (χ4v) is 7.71. The Labute approximate surface area is 341 Å². The van der Waals surface area contributed by atoms with Crippen molar-refractivity contribution in [2.24, 2.45) is 0 Å². The standard InChI is InChI=1S/C40H46Cl4N4O7/c1-39(2,3)54-37(50)46-20-26-18-27(35-45-24(22-53-35)11-9-17-52-34-29(42)13-8-14-30(34)43)32(31(21-46)48(26)38(51)55-40(4,5)6)36(49)47(25-15-16-25)19-23-10-7-12-28(41)33(23)44/h7-8,10,12-14,22,25-26,31H,9,11,15-21H2,1-6H3. The summed E-state index contributed by atoms with van der Waals surface area (Å²) in [4.78, 5) is 52.6. The van der Waals surface area contributed by atoms with Crippen molar-refractivity contribution < 1.29 is 33.0 Å². The summed E-state index contributed by atoms with van der Waals surface area (Å²) >= 11 is 25.6. The number of para-hydroxylation sites is 1. The first-order chi connectivity index (χ1) is 25.9. The number of oxazole rings is 1. The number of hydrogen-bond acceptors (Lipinski definition) is 8. The highest BCUT2D eigenvalue weighted by Gasteiger charge is 2.51. The summed E-state index contributed by atoms with van der Waals surface area (Å²) in [5.74, 6) is 0.374. The van der Waals surface area contributed by atoms with Gasteiger partial charge >= 0.3 is 12.2 Å². The van der Waals surface area contributed by atoms with Crippen molar-refractivity contribution in [3.8, 4) is 5.75 Å². The SMILES string of the molecule is CC(C)(C)OC(=O)N1CC2CC(c3nc(CCCOc4c(Cl)cccc4Cl)co3)=C(C(=O)N(Cc3cccc(Cl)c3Cl)C3CC3)C(C1)N2C(=O)OC(C)(C)C. The lowest BCUT2D eigenvalue weighted by atomic mass is 9.84. The van der Waals surface area contributed by atoms with Crippen molar-refractivity contribution >= 4 is 70.1 Å². The minimum atomic E-state index is -0.905. The van der Waals surface area contributed by atoms with E-state index in [1.54, 1.807) is 92.8 Å². The van der Waals surface area contributed by atoms with Crippen LogP contribution in [0.3, 0.4) is 0 Å². The van der Waals surface area contributed by atoms with Gasteiger partial charge in [0.2, 0.25) is 5.89 Å². The van der Waals surface area contributed by atoms with Crippen LogP contribution in [-0.4, -0.2) is 86.8 Å². The molecule has 11 nitrogen and oxygen atoms in total. The van der Waals surface area contributed by atoms with E-state index in [4.69, 9.17) is 70.0 Å². The maximum Gasteiger partial charge on any atom is 0.411 e. The molecule has 1 aliphatic carbocycles. The number of aromatic nitrogens is 1. The first-order valence-electron chi connectivity index (χ1n) is 18.4. The summed E-state index contributed by atoms with van der Waals surface area (Å²) in [6, 6.07) is 8.95. The summed E-state index contributed by atoms with van der Waals surface area (Å²) < 4.78 is 23.7. The molecule has 15 heteroatoms. The van der Waals surface area contributed by atoms with Gasteiger partial charge in [0, 0.05) is 37.7 Å². The zero-order valence-electron chi connectivity index (χ0n) is 31.8. The van der Waals surface area contributed by atoms with Gasteiger partial charge in [-0.1, -0.05) is 64.6 Å². The van der Waals surface area contributed by atoms with Gasteiger partial charge in [0.05, 0.1) is 50.0 Å². The van der Waals surface area contributed by atoms with E-state index >= 15 is 4.79 Å². The van der Waals surface area contributed by atoms with E-state index in [2.05, 4.69) is 0 Å². The number of aryl methyl sites for hydroxylation is 1. The van der Waals surface area contributed by atoms with Gasteiger partial charge in [0.25, 0.3) is 5.91 Å². The number of amides is 3. The van der Waals surface area contributed by atoms with Crippen LogP contribution < -0.4 is 4.74 Å². The van der Waals surface area contributed by atoms with Gasteiger partial charge in [0.1, 0.15) is 17.5 Å². The van der Waals surface area contributed by atoms with E-state index in [-0.39, 0.29) is 43.9 Å². The molecule has 2 aromatic carbocycles. The number of halogens is 4. The van der Waals surface area contributed by atoms with E-state index in [0.717, 1.165) is 12.8 Å². The lowest BCUT2D eigenvalue weighted by Crippen LogP contribution is -2.66. The molecule has 2 bridgehead atoms. The number of rotatable bonds is 10. The smallest absolute Gasteiger partial charge is 0.411 e. The van der Waals surface area contributed by atoms with Gasteiger partial charge < -0.3 is 28.4 Å². The van der Waals surface area contributed by atoms with E-state index < -0.39 is 35.5 Å². The Hall–Kier alpha value is -3.64. The Morgan fingerprint density at radius 3 is 2.18 bits per heavy atom. The second-order valence-corrected chi connectivity index (χ2v) is 17.7. The molecule has 3 aliphatic rings. The Morgan fingerprint density at radius 2 is 1.53 bits per heavy atom. The summed E-state index contributed by atoms with van der Waals surface area (Å²) in [6.45, 7) is 11.4. The molecule has 0 radical (unpaired) electrons. The molecule has 0 spiro atoms. The molecular formula is C40H46Cl4N4O7. The number of ether oxygens (including phenoxy) is 3. The van der Waals surface area contributed by atoms with Crippen molar-refractivity contribution in [1.29, 1.82) is 0 Å². The Kier molecular flexibility index (Phi) is 12.3. The van der Waals surface area contributed by atoms with Crippen LogP contribution in [-0.2, 0) is 27.2 Å². The average molecular weight is 837 g/mol. The van der Waals surface area contributed by atoms with Crippen LogP contribution in [0.25, 0.3) is 5.57 Å². The van der Waals surface area contributed by atoms with E-state index in [1.165, 1.54) is 0 Å². The largest absolute Gasteiger partial charge is 0.490 e. The van der Waals surface area contributed by atoms with Gasteiger partial charge in [-0.3, -0.25) is 9.69 Å². The molecule has 1 saturated carbocycles. The molecule has 0 N–H and O–H groups in total. The molecule has 296 valence electrons. The summed E-state index contributed by atoms with van der Waals surface area (Å²) in [6.07, 6.45) is 3.29. The number of benzene rings is 2. The molecule has 3 heterocycles. The Bertz CT molecular complexity index is 1950. The first-order valence-corrected chi connectivity index (χ1v) is 19.9. The molecule has 6 rings (SSSR count). The summed E-state index contributed by atoms with van der Waals surface area (Å²) in [5, 5.41) is 1.59. The van der Waals surface area contributed by atoms with Crippen LogP contribution in [0.15, 0.2) is 52.7 Å². The Morgan fingerprint density at radius 1 is 0.891 bits per heavy atom. The van der Waals surface area contributed by atoms with E-state index in [1.807, 2.05) is 6.07 Å². The summed E-state index contributed by atoms with van der Waals surface area (Å²) in [5.41, 5.74) is 0.635. The predicted molar refractivity (Wildman–Crippen MR) is 212 cm³/mol. The predicted octanol–water partition coefficient (Wildman–Crippen LogP) is 9.87. The van der Waals surface area contributed by atoms with Gasteiger partial charge in [-0.05, 0) is 91.0 Å². The third kappa shape index (κ3) is 9.85. The molecule has 2 aliphatic heterocycles. The molecule has 2 atom stereocenters. The Balaban J connectivity index is 1.37. The lowest BCUT2D eigenvalue weighted by molar-refractivity contribution is -0.129. The van der Waals surface area contributed by atoms with Crippen LogP contribution in [0.5, 0.6) is 5.75 Å². The molecule has 2 fully saturated rings. The monoisotopic (exact) mass is 834 g/mol. The third-order valence-electron chi connectivity index (χ3n) is 9.31. The maximum atomic E-state index is 15.2. The minimum Gasteiger partial charge on any atom is -0.490 e. The molecule has 55 heavy (non-hydrogen) atoms. The van der Waals surface area contributed by atoms with Crippen LogP contribution in [0.4, 0.5) is 9.59 Å². The number of piperazine rings is 1. The molecular weight excluding hydrogens is 790 g/mol. The molecule has 1 aromatic heterocycles. The van der Waals surface area contributed by atoms with E-state index in [9.17, 15) is 9.59 Å². The van der Waals surface area contributed by atoms with Crippen molar-refractivity contribution in [3.05, 3.63) is 85.5 Å². The van der Waals surface area contributed by atoms with Gasteiger partial charge in [-0.25, -0.2) is 14.6 Å². The minimum absolute atomic E-state index is 0.0127. The fourth-order valence-electron chi connectivity index (χ4n) is 6.82. The number of carbonyl (C=O) groups excluding carboxylic acids is 3. The van der Waals surface area contributed by atoms with E-state index in [0.29, 0.717) is 67.7 Å². The van der Waals surface area contributed by atoms with Crippen LogP contribution >= 0.6 is 46.4 Å². The third-order valence-corrected chi connectivity index (χ3v) is 10.8. The van der Waals surface area contributed by atoms with Crippen molar-refractivity contribution in [1.82, 2.24) is 19.7 Å². The molecule has 1 saturated heterocycles. The van der Waals surface area contributed by atoms with Gasteiger partial charge in [-0.2, -0.15) is 0 Å². The fraction of sp³-hybridized carbons (Fsp3) is 0.500. The highest BCUT2D eigenvalue weighted by Crippen LogP contribution is 2.42. The van der Waals surface area contributed by atoms with Gasteiger partial charge in [-0.15, -0.1) is 0 Å². The quantitative estimate of drug-likeness (QED) is 0.186. The molecule has 3 aromatic rings. The number of fused-ring (bicyclic) bond motifs is 2. The second kappa shape index (κ2) is 16.5. The number of nitrogens with zero attached hydrogens (tertiary/aromatic N) is 4. The number of carbonyl (C=O) groups is 3. The van der Waals surface area contributed by atoms with Crippen LogP contribution in [0.2, 0.25) is 20.1 Å². The van der Waals surface area contributed by atoms with Crippen LogP contribution in [0.1, 0.15) is 84.4 Å². The van der Waals surface area contributed by atoms with Crippen molar-refractivity contribution in [2.75, 3.05) is 19.7 Å². The van der Waals surface area contributed by atoms with Crippen molar-refractivity contribution in [3.63, 3.8) is 0 Å². The molecule has 3 amide bonds. The molecule has 2 unspecified atom stereocenters. The number of hydrogen-bond donors (Lipinski definition) is 0. The van der Waals surface area contributed by atoms with Gasteiger partial charge in [0.15, 0.2) is 5.75 Å². The van der Waals surface area contributed by atoms with Crippen LogP contribution in [0, 0.1) is 0 Å². The normalized spacial score (nSPS) is 18.7. The zero-order valence-corrected chi connectivity index (χ0v) is 34.8. The maximum absolute atomic E-state index is 15.2. The van der Waals surface area contributed by atoms with Crippen molar-refractivity contribution in [2.45, 2.75) is 110 Å². The highest BCUT2D eigenvalue weighted by molar-refractivity contribution is 6.42. The second-order valence-electron chi connectivity index (χ2n) is 16.1.